The number of piperidine rings is 2. The predicted molar refractivity (Wildman–Crippen MR) is 165 cm³/mol. The van der Waals surface area contributed by atoms with Gasteiger partial charge in [0.2, 0.25) is 0 Å². The van der Waals surface area contributed by atoms with Crippen molar-refractivity contribution in [2.24, 2.45) is 5.41 Å². The standard InChI is InChI=1S/C33H40N4O4S/c1-24-21-29(41-3)22-25(2)31(24)42(39,40)37-16-4-5-26-6-7-27(23-30(26)37)32(38)36-19-12-33(13-20-36)10-17-35(18-11-33)28-8-14-34-15-9-28/h6-9,14-15,21-23H,4-5,10-13,16-20H2,1-3H3. The third kappa shape index (κ3) is 5.23. The molecule has 1 spiro atoms. The SMILES string of the molecule is COc1cc(C)c(S(=O)(=O)N2CCCc3ccc(C(=O)N4CCC5(CC4)CCN(c4ccncc4)CC5)cc32)c(C)c1. The number of carbonyl (C=O) groups excluding carboxylic acids is 1. The Morgan fingerprint density at radius 3 is 2.17 bits per heavy atom. The monoisotopic (exact) mass is 588 g/mol. The van der Waals surface area contributed by atoms with Crippen molar-refractivity contribution in [2.45, 2.75) is 57.3 Å². The molecule has 1 aromatic heterocycles. The fraction of sp³-hybridized carbons (Fsp3) is 0.455. The van der Waals surface area contributed by atoms with E-state index in [4.69, 9.17) is 4.74 Å². The molecule has 0 bridgehead atoms. The molecule has 9 heteroatoms. The lowest BCUT2D eigenvalue weighted by Crippen LogP contribution is -2.48. The number of rotatable bonds is 5. The summed E-state index contributed by atoms with van der Waals surface area (Å²) in [7, 11) is -2.25. The minimum Gasteiger partial charge on any atom is -0.497 e. The average molecular weight is 589 g/mol. The minimum atomic E-state index is -3.83. The van der Waals surface area contributed by atoms with Gasteiger partial charge in [-0.05, 0) is 111 Å². The number of sulfonamides is 1. The molecule has 0 unspecified atom stereocenters. The molecular weight excluding hydrogens is 548 g/mol. The van der Waals surface area contributed by atoms with Gasteiger partial charge in [-0.1, -0.05) is 6.07 Å². The largest absolute Gasteiger partial charge is 0.497 e. The molecular formula is C33H40N4O4S. The molecule has 3 aromatic rings. The lowest BCUT2D eigenvalue weighted by atomic mass is 9.71. The number of hydrogen-bond acceptors (Lipinski definition) is 6. The number of ether oxygens (including phenoxy) is 1. The first-order valence-corrected chi connectivity index (χ1v) is 16.4. The summed E-state index contributed by atoms with van der Waals surface area (Å²) in [4.78, 5) is 22.6. The van der Waals surface area contributed by atoms with Gasteiger partial charge >= 0.3 is 0 Å². The fourth-order valence-corrected chi connectivity index (χ4v) is 9.08. The zero-order valence-corrected chi connectivity index (χ0v) is 25.6. The zero-order chi connectivity index (χ0) is 29.5. The zero-order valence-electron chi connectivity index (χ0n) is 24.8. The number of hydrogen-bond donors (Lipinski definition) is 0. The Bertz CT molecular complexity index is 1550. The van der Waals surface area contributed by atoms with E-state index in [-0.39, 0.29) is 11.3 Å². The summed E-state index contributed by atoms with van der Waals surface area (Å²) in [5, 5.41) is 0. The van der Waals surface area contributed by atoms with Gasteiger partial charge in [-0.25, -0.2) is 8.42 Å². The molecule has 3 aliphatic rings. The topological polar surface area (TPSA) is 83.0 Å². The number of methoxy groups -OCH3 is 1. The number of aromatic nitrogens is 1. The molecule has 3 aliphatic heterocycles. The Morgan fingerprint density at radius 1 is 0.881 bits per heavy atom. The molecule has 2 saturated heterocycles. The van der Waals surface area contributed by atoms with E-state index in [2.05, 4.69) is 22.0 Å². The summed E-state index contributed by atoms with van der Waals surface area (Å²) in [5.41, 5.74) is 4.97. The highest BCUT2D eigenvalue weighted by atomic mass is 32.2. The number of fused-ring (bicyclic) bond motifs is 1. The second-order valence-electron chi connectivity index (χ2n) is 12.1. The second-order valence-corrected chi connectivity index (χ2v) is 13.9. The summed E-state index contributed by atoms with van der Waals surface area (Å²) >= 11 is 0. The fourth-order valence-electron chi connectivity index (χ4n) is 7.13. The third-order valence-electron chi connectivity index (χ3n) is 9.59. The molecule has 4 heterocycles. The van der Waals surface area contributed by atoms with Gasteiger partial charge < -0.3 is 14.5 Å². The lowest BCUT2D eigenvalue weighted by molar-refractivity contribution is 0.0515. The van der Waals surface area contributed by atoms with Gasteiger partial charge in [-0.3, -0.25) is 14.1 Å². The maximum absolute atomic E-state index is 14.0. The quantitative estimate of drug-likeness (QED) is 0.399. The highest BCUT2D eigenvalue weighted by Crippen LogP contribution is 2.43. The Labute approximate surface area is 249 Å². The minimum absolute atomic E-state index is 0.0124. The molecule has 2 aromatic carbocycles. The van der Waals surface area contributed by atoms with Gasteiger partial charge in [0.05, 0.1) is 17.7 Å². The van der Waals surface area contributed by atoms with E-state index >= 15 is 0 Å². The Kier molecular flexibility index (Phi) is 7.64. The van der Waals surface area contributed by atoms with Crippen LogP contribution >= 0.6 is 0 Å². The summed E-state index contributed by atoms with van der Waals surface area (Å²) in [6, 6.07) is 13.3. The molecule has 0 N–H and O–H groups in total. The Balaban J connectivity index is 1.17. The van der Waals surface area contributed by atoms with E-state index in [1.165, 1.54) is 9.99 Å². The summed E-state index contributed by atoms with van der Waals surface area (Å²) in [5.74, 6) is 0.625. The van der Waals surface area contributed by atoms with Gasteiger partial charge in [-0.15, -0.1) is 0 Å². The van der Waals surface area contributed by atoms with Crippen molar-refractivity contribution in [1.82, 2.24) is 9.88 Å². The molecule has 0 saturated carbocycles. The van der Waals surface area contributed by atoms with E-state index in [1.807, 2.05) is 29.4 Å². The van der Waals surface area contributed by atoms with Gasteiger partial charge in [0.1, 0.15) is 5.75 Å². The highest BCUT2D eigenvalue weighted by Gasteiger charge is 2.39. The summed E-state index contributed by atoms with van der Waals surface area (Å²) < 4.78 is 34.9. The molecule has 1 amide bonds. The van der Waals surface area contributed by atoms with E-state index in [0.717, 1.165) is 70.3 Å². The van der Waals surface area contributed by atoms with E-state index < -0.39 is 10.0 Å². The molecule has 0 aliphatic carbocycles. The van der Waals surface area contributed by atoms with Crippen LogP contribution in [0.1, 0.15) is 59.2 Å². The first-order chi connectivity index (χ1) is 20.2. The first kappa shape index (κ1) is 28.5. The van der Waals surface area contributed by atoms with Crippen molar-refractivity contribution in [3.63, 3.8) is 0 Å². The van der Waals surface area contributed by atoms with Crippen LogP contribution in [0, 0.1) is 19.3 Å². The van der Waals surface area contributed by atoms with Crippen LogP contribution in [0.25, 0.3) is 0 Å². The van der Waals surface area contributed by atoms with Crippen LogP contribution in [0.3, 0.4) is 0 Å². The maximum atomic E-state index is 14.0. The number of carbonyl (C=O) groups is 1. The second kappa shape index (κ2) is 11.2. The average Bonchev–Trinajstić information content (AvgIpc) is 3.01. The van der Waals surface area contributed by atoms with Crippen molar-refractivity contribution in [2.75, 3.05) is 49.0 Å². The summed E-state index contributed by atoms with van der Waals surface area (Å²) in [6.45, 7) is 7.52. The molecule has 2 fully saturated rings. The van der Waals surface area contributed by atoms with Crippen LogP contribution in [0.5, 0.6) is 5.75 Å². The predicted octanol–water partition coefficient (Wildman–Crippen LogP) is 5.37. The third-order valence-corrected chi connectivity index (χ3v) is 11.7. The number of benzene rings is 2. The van der Waals surface area contributed by atoms with Gasteiger partial charge in [-0.2, -0.15) is 0 Å². The van der Waals surface area contributed by atoms with Crippen molar-refractivity contribution in [1.29, 1.82) is 0 Å². The number of likely N-dealkylation sites (tertiary alicyclic amines) is 1. The maximum Gasteiger partial charge on any atom is 0.264 e. The van der Waals surface area contributed by atoms with E-state index in [0.29, 0.717) is 39.6 Å². The number of pyridine rings is 1. The Morgan fingerprint density at radius 2 is 1.52 bits per heavy atom. The number of amides is 1. The number of aryl methyl sites for hydroxylation is 3. The van der Waals surface area contributed by atoms with Crippen LogP contribution in [-0.4, -0.2) is 64.0 Å². The molecule has 0 radical (unpaired) electrons. The molecule has 0 atom stereocenters. The smallest absolute Gasteiger partial charge is 0.264 e. The number of nitrogens with zero attached hydrogens (tertiary/aromatic N) is 4. The highest BCUT2D eigenvalue weighted by molar-refractivity contribution is 7.93. The van der Waals surface area contributed by atoms with Crippen LogP contribution in [-0.2, 0) is 16.4 Å². The van der Waals surface area contributed by atoms with E-state index in [1.54, 1.807) is 39.2 Å². The van der Waals surface area contributed by atoms with Crippen LogP contribution < -0.4 is 13.9 Å². The molecule has 8 nitrogen and oxygen atoms in total. The van der Waals surface area contributed by atoms with Crippen LogP contribution in [0.15, 0.2) is 59.8 Å². The summed E-state index contributed by atoms with van der Waals surface area (Å²) in [6.07, 6.45) is 9.50. The normalized spacial score (nSPS) is 18.6. The molecule has 222 valence electrons. The van der Waals surface area contributed by atoms with Gasteiger partial charge in [0.25, 0.3) is 15.9 Å². The molecule has 6 rings (SSSR count). The molecule has 42 heavy (non-hydrogen) atoms. The van der Waals surface area contributed by atoms with E-state index in [9.17, 15) is 13.2 Å². The van der Waals surface area contributed by atoms with Crippen molar-refractivity contribution < 1.29 is 17.9 Å². The van der Waals surface area contributed by atoms with Crippen LogP contribution in [0.2, 0.25) is 0 Å². The van der Waals surface area contributed by atoms with Crippen LogP contribution in [0.4, 0.5) is 11.4 Å². The van der Waals surface area contributed by atoms with Crippen molar-refractivity contribution in [3.8, 4) is 5.75 Å². The lowest BCUT2D eigenvalue weighted by Gasteiger charge is -2.47. The van der Waals surface area contributed by atoms with Gasteiger partial charge in [0.15, 0.2) is 0 Å². The first-order valence-electron chi connectivity index (χ1n) is 15.0. The van der Waals surface area contributed by atoms with Gasteiger partial charge in [0, 0.05) is 56.4 Å². The Hall–Kier alpha value is -3.59. The number of anilines is 2. The van der Waals surface area contributed by atoms with Crippen molar-refractivity contribution >= 4 is 27.3 Å². The van der Waals surface area contributed by atoms with Crippen molar-refractivity contribution in [3.05, 3.63) is 77.1 Å².